The van der Waals surface area contributed by atoms with Crippen molar-refractivity contribution < 1.29 is 9.63 Å². The molecule has 0 spiro atoms. The first kappa shape index (κ1) is 19.4. The van der Waals surface area contributed by atoms with Crippen LogP contribution in [-0.4, -0.2) is 31.7 Å². The summed E-state index contributed by atoms with van der Waals surface area (Å²) in [6.07, 6.45) is 9.12. The Morgan fingerprint density at radius 2 is 1.96 bits per heavy atom. The Hall–Kier alpha value is -0.900. The molecule has 0 aliphatic heterocycles. The van der Waals surface area contributed by atoms with Crippen LogP contribution in [0.1, 0.15) is 72.1 Å². The fourth-order valence-corrected chi connectivity index (χ4v) is 7.67. The van der Waals surface area contributed by atoms with E-state index < -0.39 is 0 Å². The standard InChI is InChI=1S/C23H38N2O2/c1-15-13-17-18-5-6-21(26)23(18,3)10-8-19(17)22(2)9-7-16(14-20(15)22)25-27-12-11-24-4/h15,17-20,24H,5-14H2,1-4H3/t15?,17-,18-,19+,20?,22+,23-/m0/s1. The van der Waals surface area contributed by atoms with Gasteiger partial charge in [-0.3, -0.25) is 4.79 Å². The maximum atomic E-state index is 12.6. The molecule has 4 saturated carbocycles. The first-order valence-corrected chi connectivity index (χ1v) is 11.3. The molecule has 4 heteroatoms. The lowest BCUT2D eigenvalue weighted by atomic mass is 9.43. The maximum absolute atomic E-state index is 12.6. The molecule has 0 saturated heterocycles. The monoisotopic (exact) mass is 374 g/mol. The van der Waals surface area contributed by atoms with E-state index in [2.05, 4.69) is 31.2 Å². The molecular weight excluding hydrogens is 336 g/mol. The smallest absolute Gasteiger partial charge is 0.139 e. The van der Waals surface area contributed by atoms with Gasteiger partial charge in [0.05, 0.1) is 5.71 Å². The molecule has 4 nitrogen and oxygen atoms in total. The van der Waals surface area contributed by atoms with Crippen molar-refractivity contribution in [2.45, 2.75) is 72.1 Å². The molecule has 0 aromatic heterocycles. The fraction of sp³-hybridized carbons (Fsp3) is 0.913. The van der Waals surface area contributed by atoms with E-state index in [0.717, 1.165) is 62.3 Å². The van der Waals surface area contributed by atoms with Gasteiger partial charge >= 0.3 is 0 Å². The van der Waals surface area contributed by atoms with E-state index in [1.54, 1.807) is 0 Å². The van der Waals surface area contributed by atoms with Crippen molar-refractivity contribution in [3.63, 3.8) is 0 Å². The van der Waals surface area contributed by atoms with Crippen LogP contribution < -0.4 is 5.32 Å². The highest BCUT2D eigenvalue weighted by atomic mass is 16.6. The second kappa shape index (κ2) is 7.17. The topological polar surface area (TPSA) is 50.7 Å². The summed E-state index contributed by atoms with van der Waals surface area (Å²) in [4.78, 5) is 18.1. The maximum Gasteiger partial charge on any atom is 0.139 e. The average molecular weight is 375 g/mol. The number of ketones is 1. The van der Waals surface area contributed by atoms with E-state index in [4.69, 9.17) is 4.84 Å². The van der Waals surface area contributed by atoms with E-state index in [1.807, 2.05) is 7.05 Å². The number of oxime groups is 1. The van der Waals surface area contributed by atoms with E-state index in [9.17, 15) is 4.79 Å². The predicted octanol–water partition coefficient (Wildman–Crippen LogP) is 4.44. The summed E-state index contributed by atoms with van der Waals surface area (Å²) in [5.74, 6) is 4.20. The summed E-state index contributed by atoms with van der Waals surface area (Å²) < 4.78 is 0. The Balaban J connectivity index is 1.51. The van der Waals surface area contributed by atoms with Gasteiger partial charge in [-0.15, -0.1) is 0 Å². The predicted molar refractivity (Wildman–Crippen MR) is 109 cm³/mol. The first-order valence-electron chi connectivity index (χ1n) is 11.3. The zero-order chi connectivity index (χ0) is 19.2. The molecule has 4 aliphatic carbocycles. The van der Waals surface area contributed by atoms with Crippen LogP contribution in [0.15, 0.2) is 5.16 Å². The van der Waals surface area contributed by atoms with Gasteiger partial charge in [0, 0.05) is 18.4 Å². The fourth-order valence-electron chi connectivity index (χ4n) is 7.67. The molecule has 7 atom stereocenters. The number of Topliss-reactive ketones (excluding diaryl/α,β-unsaturated/α-hetero) is 1. The molecule has 27 heavy (non-hydrogen) atoms. The van der Waals surface area contributed by atoms with Gasteiger partial charge in [0.2, 0.25) is 0 Å². The number of hydrogen-bond donors (Lipinski definition) is 1. The number of carbonyl (C=O) groups excluding carboxylic acids is 1. The summed E-state index contributed by atoms with van der Waals surface area (Å²) in [7, 11) is 1.94. The number of fused-ring (bicyclic) bond motifs is 5. The molecule has 0 heterocycles. The van der Waals surface area contributed by atoms with Crippen LogP contribution in [-0.2, 0) is 9.63 Å². The van der Waals surface area contributed by atoms with E-state index >= 15 is 0 Å². The van der Waals surface area contributed by atoms with Crippen molar-refractivity contribution in [3.05, 3.63) is 0 Å². The minimum absolute atomic E-state index is 0.00742. The molecule has 0 aromatic carbocycles. The molecule has 4 fully saturated rings. The molecule has 1 N–H and O–H groups in total. The second-order valence-electron chi connectivity index (χ2n) is 10.4. The number of likely N-dealkylation sites (N-methyl/N-ethyl adjacent to an activating group) is 1. The van der Waals surface area contributed by atoms with Gasteiger partial charge in [0.15, 0.2) is 0 Å². The lowest BCUT2D eigenvalue weighted by molar-refractivity contribution is -0.141. The lowest BCUT2D eigenvalue weighted by Crippen LogP contribution is -2.56. The molecule has 0 amide bonds. The normalized spacial score (nSPS) is 48.1. The SMILES string of the molecule is CNCCON=C1CC[C@@]2(C)C(C1)C(C)C[C@@H]1[C@H]2CC[C@]2(C)C(=O)CC[C@@H]12. The molecule has 0 aromatic rings. The summed E-state index contributed by atoms with van der Waals surface area (Å²) in [6.45, 7) is 8.82. The largest absolute Gasteiger partial charge is 0.394 e. The van der Waals surface area contributed by atoms with Crippen LogP contribution in [0.25, 0.3) is 0 Å². The molecule has 4 aliphatic rings. The van der Waals surface area contributed by atoms with Crippen molar-refractivity contribution >= 4 is 11.5 Å². The summed E-state index contributed by atoms with van der Waals surface area (Å²) in [5, 5.41) is 7.59. The van der Waals surface area contributed by atoms with Crippen LogP contribution in [0.3, 0.4) is 0 Å². The van der Waals surface area contributed by atoms with Gasteiger partial charge in [-0.1, -0.05) is 25.9 Å². The third-order valence-electron chi connectivity index (χ3n) is 9.22. The third-order valence-corrected chi connectivity index (χ3v) is 9.22. The Labute approximate surface area is 164 Å². The van der Waals surface area contributed by atoms with Crippen LogP contribution in [0.5, 0.6) is 0 Å². The van der Waals surface area contributed by atoms with Gasteiger partial charge < -0.3 is 10.2 Å². The lowest BCUT2D eigenvalue weighted by Gasteiger charge is -2.61. The van der Waals surface area contributed by atoms with Crippen molar-refractivity contribution in [2.75, 3.05) is 20.2 Å². The highest BCUT2D eigenvalue weighted by Gasteiger charge is 2.61. The minimum atomic E-state index is -0.00742. The Kier molecular flexibility index (Phi) is 5.15. The molecule has 2 unspecified atom stereocenters. The quantitative estimate of drug-likeness (QED) is 0.585. The van der Waals surface area contributed by atoms with Gasteiger partial charge in [-0.2, -0.15) is 0 Å². The Morgan fingerprint density at radius 3 is 2.74 bits per heavy atom. The van der Waals surface area contributed by atoms with Crippen LogP contribution >= 0.6 is 0 Å². The van der Waals surface area contributed by atoms with Crippen molar-refractivity contribution in [2.24, 2.45) is 45.6 Å². The Bertz CT molecular complexity index is 617. The van der Waals surface area contributed by atoms with Crippen molar-refractivity contribution in [1.82, 2.24) is 5.32 Å². The average Bonchev–Trinajstić information content (AvgIpc) is 2.95. The number of hydrogen-bond acceptors (Lipinski definition) is 4. The molecular formula is C23H38N2O2. The van der Waals surface area contributed by atoms with Gasteiger partial charge in [0.25, 0.3) is 0 Å². The number of nitrogens with one attached hydrogen (secondary N) is 1. The van der Waals surface area contributed by atoms with Crippen LogP contribution in [0, 0.1) is 40.4 Å². The number of rotatable bonds is 4. The second-order valence-corrected chi connectivity index (χ2v) is 10.4. The van der Waals surface area contributed by atoms with Gasteiger partial charge in [-0.25, -0.2) is 0 Å². The van der Waals surface area contributed by atoms with Crippen molar-refractivity contribution in [1.29, 1.82) is 0 Å². The first-order chi connectivity index (χ1) is 12.9. The summed E-state index contributed by atoms with van der Waals surface area (Å²) >= 11 is 0. The third kappa shape index (κ3) is 3.07. The molecule has 0 bridgehead atoms. The van der Waals surface area contributed by atoms with E-state index in [0.29, 0.717) is 23.7 Å². The van der Waals surface area contributed by atoms with Crippen molar-refractivity contribution in [3.8, 4) is 0 Å². The van der Waals surface area contributed by atoms with Gasteiger partial charge in [-0.05, 0) is 87.0 Å². The minimum Gasteiger partial charge on any atom is -0.394 e. The summed E-state index contributed by atoms with van der Waals surface area (Å²) in [5.41, 5.74) is 1.68. The Morgan fingerprint density at radius 1 is 1.15 bits per heavy atom. The zero-order valence-corrected chi connectivity index (χ0v) is 17.7. The highest BCUT2D eigenvalue weighted by molar-refractivity contribution is 5.87. The van der Waals surface area contributed by atoms with E-state index in [-0.39, 0.29) is 5.41 Å². The highest BCUT2D eigenvalue weighted by Crippen LogP contribution is 2.66. The van der Waals surface area contributed by atoms with E-state index in [1.165, 1.54) is 25.0 Å². The molecule has 4 rings (SSSR count). The zero-order valence-electron chi connectivity index (χ0n) is 17.7. The van der Waals surface area contributed by atoms with Gasteiger partial charge in [0.1, 0.15) is 12.4 Å². The summed E-state index contributed by atoms with van der Waals surface area (Å²) in [6, 6.07) is 0. The van der Waals surface area contributed by atoms with Crippen LogP contribution in [0.2, 0.25) is 0 Å². The number of nitrogens with zero attached hydrogens (tertiary/aromatic N) is 1. The van der Waals surface area contributed by atoms with Crippen LogP contribution in [0.4, 0.5) is 0 Å². The molecule has 0 radical (unpaired) electrons. The molecule has 152 valence electrons. The number of carbonyl (C=O) groups is 1.